The van der Waals surface area contributed by atoms with Crippen LogP contribution in [0.4, 0.5) is 0 Å². The molecule has 2 atom stereocenters. The summed E-state index contributed by atoms with van der Waals surface area (Å²) in [7, 11) is 0. The Morgan fingerprint density at radius 2 is 2.18 bits per heavy atom. The van der Waals surface area contributed by atoms with E-state index in [0.717, 1.165) is 37.1 Å². The van der Waals surface area contributed by atoms with Gasteiger partial charge in [0.2, 0.25) is 5.91 Å². The zero-order valence-electron chi connectivity index (χ0n) is 10.2. The molecular weight excluding hydrogens is 234 g/mol. The van der Waals surface area contributed by atoms with Gasteiger partial charge in [0.25, 0.3) is 0 Å². The summed E-state index contributed by atoms with van der Waals surface area (Å²) in [5, 5.41) is 4.17. The van der Waals surface area contributed by atoms with Gasteiger partial charge in [0.05, 0.1) is 0 Å². The fourth-order valence-electron chi connectivity index (χ4n) is 3.65. The highest BCUT2D eigenvalue weighted by atomic mass is 35.5. The largest absolute Gasteiger partial charge is 0.352 e. The van der Waals surface area contributed by atoms with Crippen LogP contribution in [0.2, 0.25) is 0 Å². The maximum atomic E-state index is 11.5. The molecule has 0 saturated carbocycles. The van der Waals surface area contributed by atoms with Crippen LogP contribution in [0.25, 0.3) is 0 Å². The summed E-state index contributed by atoms with van der Waals surface area (Å²) >= 11 is 6.14. The molecule has 3 heteroatoms. The zero-order chi connectivity index (χ0) is 12.0. The highest BCUT2D eigenvalue weighted by Gasteiger charge is 2.45. The molecule has 0 aromatic rings. The van der Waals surface area contributed by atoms with E-state index in [2.05, 4.69) is 18.3 Å². The minimum absolute atomic E-state index is 0.176. The summed E-state index contributed by atoms with van der Waals surface area (Å²) in [5.74, 6) is 0.223. The Labute approximate surface area is 107 Å². The first-order valence-electron chi connectivity index (χ1n) is 6.47. The molecular formula is C14H18ClNO. The van der Waals surface area contributed by atoms with E-state index in [9.17, 15) is 4.79 Å². The van der Waals surface area contributed by atoms with Gasteiger partial charge in [0, 0.05) is 22.9 Å². The molecule has 0 unspecified atom stereocenters. The van der Waals surface area contributed by atoms with Crippen molar-refractivity contribution in [3.05, 3.63) is 22.3 Å². The average molecular weight is 252 g/mol. The molecule has 3 aliphatic rings. The van der Waals surface area contributed by atoms with E-state index in [0.29, 0.717) is 12.5 Å². The van der Waals surface area contributed by atoms with E-state index in [1.807, 2.05) is 0 Å². The van der Waals surface area contributed by atoms with Crippen molar-refractivity contribution in [2.45, 2.75) is 51.5 Å². The number of fused-ring (bicyclic) bond motifs is 2. The van der Waals surface area contributed by atoms with Gasteiger partial charge >= 0.3 is 0 Å². The van der Waals surface area contributed by atoms with E-state index in [-0.39, 0.29) is 11.3 Å². The van der Waals surface area contributed by atoms with Crippen LogP contribution in [0, 0.1) is 5.41 Å². The molecule has 0 radical (unpaired) electrons. The lowest BCUT2D eigenvalue weighted by molar-refractivity contribution is -0.125. The molecule has 1 fully saturated rings. The van der Waals surface area contributed by atoms with Gasteiger partial charge in [-0.2, -0.15) is 0 Å². The number of halogens is 1. The highest BCUT2D eigenvalue weighted by molar-refractivity contribution is 6.29. The van der Waals surface area contributed by atoms with Gasteiger partial charge in [-0.25, -0.2) is 0 Å². The maximum absolute atomic E-state index is 11.5. The van der Waals surface area contributed by atoms with Gasteiger partial charge in [0.1, 0.15) is 0 Å². The van der Waals surface area contributed by atoms with Crippen molar-refractivity contribution >= 4 is 17.5 Å². The first-order chi connectivity index (χ1) is 8.09. The Kier molecular flexibility index (Phi) is 2.58. The molecule has 0 aromatic heterocycles. The van der Waals surface area contributed by atoms with Crippen molar-refractivity contribution in [1.82, 2.24) is 5.32 Å². The lowest BCUT2D eigenvalue weighted by atomic mass is 9.62. The van der Waals surface area contributed by atoms with Crippen LogP contribution in [0.3, 0.4) is 0 Å². The van der Waals surface area contributed by atoms with Crippen molar-refractivity contribution in [1.29, 1.82) is 0 Å². The van der Waals surface area contributed by atoms with Crippen LogP contribution in [0.1, 0.15) is 45.4 Å². The Morgan fingerprint density at radius 1 is 1.35 bits per heavy atom. The molecule has 2 nitrogen and oxygen atoms in total. The van der Waals surface area contributed by atoms with Crippen LogP contribution in [0.5, 0.6) is 0 Å². The van der Waals surface area contributed by atoms with Crippen molar-refractivity contribution in [2.75, 3.05) is 0 Å². The van der Waals surface area contributed by atoms with Crippen molar-refractivity contribution in [3.63, 3.8) is 0 Å². The smallest absolute Gasteiger partial charge is 0.220 e. The summed E-state index contributed by atoms with van der Waals surface area (Å²) in [5.41, 5.74) is 3.17. The zero-order valence-corrected chi connectivity index (χ0v) is 10.9. The third-order valence-electron chi connectivity index (χ3n) is 4.70. The molecule has 2 aliphatic carbocycles. The second-order valence-corrected chi connectivity index (χ2v) is 6.16. The Bertz CT molecular complexity index is 438. The summed E-state index contributed by atoms with van der Waals surface area (Å²) in [6, 6.07) is 0.341. The molecule has 0 bridgehead atoms. The molecule has 0 aromatic carbocycles. The van der Waals surface area contributed by atoms with Gasteiger partial charge in [0.15, 0.2) is 0 Å². The summed E-state index contributed by atoms with van der Waals surface area (Å²) in [4.78, 5) is 11.5. The normalized spacial score (nSPS) is 36.9. The molecule has 92 valence electrons. The van der Waals surface area contributed by atoms with Crippen molar-refractivity contribution in [2.24, 2.45) is 5.41 Å². The van der Waals surface area contributed by atoms with Crippen LogP contribution >= 0.6 is 11.6 Å². The summed E-state index contributed by atoms with van der Waals surface area (Å²) < 4.78 is 0. The second kappa shape index (κ2) is 3.88. The Morgan fingerprint density at radius 3 is 3.00 bits per heavy atom. The number of rotatable bonds is 0. The second-order valence-electron chi connectivity index (χ2n) is 5.67. The fraction of sp³-hybridized carbons (Fsp3) is 0.643. The maximum Gasteiger partial charge on any atom is 0.220 e. The Balaban J connectivity index is 2.00. The van der Waals surface area contributed by atoms with Gasteiger partial charge in [-0.1, -0.05) is 24.1 Å². The number of carbonyl (C=O) groups is 1. The molecule has 0 spiro atoms. The van der Waals surface area contributed by atoms with Gasteiger partial charge in [-0.3, -0.25) is 4.79 Å². The predicted octanol–water partition coefficient (Wildman–Crippen LogP) is 3.28. The number of hydrogen-bond donors (Lipinski definition) is 1. The minimum Gasteiger partial charge on any atom is -0.352 e. The molecule has 17 heavy (non-hydrogen) atoms. The van der Waals surface area contributed by atoms with Crippen LogP contribution in [-0.4, -0.2) is 11.9 Å². The van der Waals surface area contributed by atoms with E-state index in [4.69, 9.17) is 11.6 Å². The molecule has 3 rings (SSSR count). The monoisotopic (exact) mass is 251 g/mol. The summed E-state index contributed by atoms with van der Waals surface area (Å²) in [6.07, 6.45) is 7.99. The lowest BCUT2D eigenvalue weighted by Gasteiger charge is -2.48. The van der Waals surface area contributed by atoms with E-state index < -0.39 is 0 Å². The first-order valence-corrected chi connectivity index (χ1v) is 6.85. The third-order valence-corrected chi connectivity index (χ3v) is 5.00. The van der Waals surface area contributed by atoms with Crippen molar-refractivity contribution < 1.29 is 4.79 Å². The van der Waals surface area contributed by atoms with E-state index in [1.165, 1.54) is 5.57 Å². The van der Waals surface area contributed by atoms with Crippen molar-refractivity contribution in [3.8, 4) is 0 Å². The predicted molar refractivity (Wildman–Crippen MR) is 68.7 cm³/mol. The topological polar surface area (TPSA) is 29.1 Å². The molecule has 1 amide bonds. The van der Waals surface area contributed by atoms with E-state index in [1.54, 1.807) is 5.57 Å². The van der Waals surface area contributed by atoms with Crippen LogP contribution in [-0.2, 0) is 4.79 Å². The first kappa shape index (κ1) is 11.3. The number of allylic oxidation sites excluding steroid dienone is 3. The lowest BCUT2D eigenvalue weighted by Crippen LogP contribution is -2.53. The molecule has 1 aliphatic heterocycles. The SMILES string of the molecule is C[C@@]12CCC(=O)N[C@H]1CCC1=C2CCC(Cl)=C1. The number of nitrogens with one attached hydrogen (secondary N) is 1. The number of amides is 1. The van der Waals surface area contributed by atoms with Gasteiger partial charge in [-0.05, 0) is 43.8 Å². The minimum atomic E-state index is 0.176. The number of hydrogen-bond acceptors (Lipinski definition) is 1. The Hall–Kier alpha value is -0.760. The number of piperidine rings is 1. The molecule has 1 N–H and O–H groups in total. The van der Waals surface area contributed by atoms with E-state index >= 15 is 0 Å². The van der Waals surface area contributed by atoms with Crippen LogP contribution in [0.15, 0.2) is 22.3 Å². The average Bonchev–Trinajstić information content (AvgIpc) is 2.30. The molecule has 1 saturated heterocycles. The molecule has 1 heterocycles. The quantitative estimate of drug-likeness (QED) is 0.703. The third kappa shape index (κ3) is 1.74. The summed E-state index contributed by atoms with van der Waals surface area (Å²) in [6.45, 7) is 2.32. The van der Waals surface area contributed by atoms with Crippen LogP contribution < -0.4 is 5.32 Å². The standard InChI is InChI=1S/C14H18ClNO/c1-14-7-6-13(17)16-12(14)5-2-9-8-10(15)3-4-11(9)14/h8,12H,2-7H2,1H3,(H,16,17)/t12-,14-/m0/s1. The fourth-order valence-corrected chi connectivity index (χ4v) is 3.88. The van der Waals surface area contributed by atoms with Gasteiger partial charge in [-0.15, -0.1) is 0 Å². The van der Waals surface area contributed by atoms with Gasteiger partial charge < -0.3 is 5.32 Å². The number of carbonyl (C=O) groups excluding carboxylic acids is 1. The highest BCUT2D eigenvalue weighted by Crippen LogP contribution is 2.50.